The minimum Gasteiger partial charge on any atom is -0.353 e. The second-order valence-electron chi connectivity index (χ2n) is 7.07. The standard InChI is InChI=1S/C22H22FN3OS/c23-16-11-9-15(10-12-16)20-13-22(26-19-8-4-3-7-18(19)25-20)28-14-21(27)24-17-5-1-2-6-17/h3-4,7-12,17H,1-2,5-6,13-14H2,(H,24,27). The van der Waals surface area contributed by atoms with E-state index in [1.54, 1.807) is 12.1 Å². The molecule has 1 amide bonds. The SMILES string of the molecule is O=C(CSC1=Nc2ccccc2N=C(c2ccc(F)cc2)C1)NC1CCCC1. The van der Waals surface area contributed by atoms with Crippen molar-refractivity contribution < 1.29 is 9.18 Å². The summed E-state index contributed by atoms with van der Waals surface area (Å²) in [5, 5.41) is 3.96. The Morgan fingerprint density at radius 2 is 1.71 bits per heavy atom. The zero-order valence-corrected chi connectivity index (χ0v) is 16.3. The van der Waals surface area contributed by atoms with Crippen LogP contribution in [0.5, 0.6) is 0 Å². The first-order valence-corrected chi connectivity index (χ1v) is 10.6. The van der Waals surface area contributed by atoms with Crippen molar-refractivity contribution in [2.75, 3.05) is 5.75 Å². The normalized spacial score (nSPS) is 16.8. The number of carbonyl (C=O) groups is 1. The maximum absolute atomic E-state index is 13.3. The van der Waals surface area contributed by atoms with Crippen molar-refractivity contribution in [1.29, 1.82) is 0 Å². The van der Waals surface area contributed by atoms with Crippen molar-refractivity contribution in [3.05, 3.63) is 59.9 Å². The molecule has 2 aliphatic rings. The summed E-state index contributed by atoms with van der Waals surface area (Å²) in [4.78, 5) is 21.8. The number of rotatable bonds is 4. The number of carbonyl (C=O) groups excluding carboxylic acids is 1. The van der Waals surface area contributed by atoms with Crippen molar-refractivity contribution in [3.63, 3.8) is 0 Å². The zero-order chi connectivity index (χ0) is 19.3. The van der Waals surface area contributed by atoms with Gasteiger partial charge < -0.3 is 5.32 Å². The van der Waals surface area contributed by atoms with Gasteiger partial charge in [0.25, 0.3) is 0 Å². The average molecular weight is 396 g/mol. The number of nitrogens with zero attached hydrogens (tertiary/aromatic N) is 2. The second-order valence-corrected chi connectivity index (χ2v) is 8.12. The van der Waals surface area contributed by atoms with Crippen LogP contribution < -0.4 is 5.32 Å². The minimum atomic E-state index is -0.273. The van der Waals surface area contributed by atoms with Gasteiger partial charge in [-0.25, -0.2) is 9.38 Å². The molecule has 0 atom stereocenters. The lowest BCUT2D eigenvalue weighted by atomic mass is 10.1. The largest absolute Gasteiger partial charge is 0.353 e. The van der Waals surface area contributed by atoms with Crippen molar-refractivity contribution in [3.8, 4) is 0 Å². The molecule has 1 heterocycles. The molecular formula is C22H22FN3OS. The fraction of sp³-hybridized carbons (Fsp3) is 0.318. The molecule has 1 aliphatic carbocycles. The molecule has 1 aliphatic heterocycles. The van der Waals surface area contributed by atoms with E-state index in [0.29, 0.717) is 18.2 Å². The molecule has 6 heteroatoms. The molecule has 0 saturated heterocycles. The molecule has 1 fully saturated rings. The Kier molecular flexibility index (Phi) is 5.86. The van der Waals surface area contributed by atoms with E-state index in [-0.39, 0.29) is 11.7 Å². The van der Waals surface area contributed by atoms with E-state index in [0.717, 1.165) is 40.5 Å². The summed E-state index contributed by atoms with van der Waals surface area (Å²) in [6.07, 6.45) is 5.05. The van der Waals surface area contributed by atoms with Gasteiger partial charge in [-0.15, -0.1) is 11.8 Å². The van der Waals surface area contributed by atoms with Crippen LogP contribution in [0.3, 0.4) is 0 Å². The summed E-state index contributed by atoms with van der Waals surface area (Å²) in [5.41, 5.74) is 3.26. The third kappa shape index (κ3) is 4.68. The zero-order valence-electron chi connectivity index (χ0n) is 15.5. The van der Waals surface area contributed by atoms with E-state index in [1.165, 1.54) is 36.7 Å². The highest BCUT2D eigenvalue weighted by Gasteiger charge is 2.19. The maximum Gasteiger partial charge on any atom is 0.230 e. The Morgan fingerprint density at radius 1 is 1.04 bits per heavy atom. The summed E-state index contributed by atoms with van der Waals surface area (Å²) >= 11 is 1.45. The Morgan fingerprint density at radius 3 is 2.43 bits per heavy atom. The fourth-order valence-electron chi connectivity index (χ4n) is 3.54. The quantitative estimate of drug-likeness (QED) is 0.776. The Hall–Kier alpha value is -2.47. The summed E-state index contributed by atoms with van der Waals surface area (Å²) in [6, 6.07) is 14.4. The molecule has 0 bridgehead atoms. The predicted octanol–water partition coefficient (Wildman–Crippen LogP) is 5.17. The monoisotopic (exact) mass is 395 g/mol. The number of thioether (sulfide) groups is 1. The predicted molar refractivity (Wildman–Crippen MR) is 114 cm³/mol. The molecule has 0 unspecified atom stereocenters. The number of aliphatic imine (C=N–C) groups is 2. The second kappa shape index (κ2) is 8.69. The van der Waals surface area contributed by atoms with E-state index in [1.807, 2.05) is 24.3 Å². The van der Waals surface area contributed by atoms with Crippen LogP contribution in [0.4, 0.5) is 15.8 Å². The number of hydrogen-bond donors (Lipinski definition) is 1. The topological polar surface area (TPSA) is 53.8 Å². The van der Waals surface area contributed by atoms with Gasteiger partial charge in [-0.2, -0.15) is 0 Å². The number of hydrogen-bond acceptors (Lipinski definition) is 4. The van der Waals surface area contributed by atoms with Crippen LogP contribution in [-0.4, -0.2) is 28.5 Å². The van der Waals surface area contributed by atoms with E-state index < -0.39 is 0 Å². The van der Waals surface area contributed by atoms with Crippen molar-refractivity contribution in [1.82, 2.24) is 5.32 Å². The first kappa shape index (κ1) is 18.9. The van der Waals surface area contributed by atoms with Crippen molar-refractivity contribution in [2.45, 2.75) is 38.1 Å². The molecular weight excluding hydrogens is 373 g/mol. The molecule has 2 aromatic rings. The van der Waals surface area contributed by atoms with Crippen LogP contribution in [0.25, 0.3) is 0 Å². The van der Waals surface area contributed by atoms with E-state index >= 15 is 0 Å². The highest BCUT2D eigenvalue weighted by molar-refractivity contribution is 8.14. The molecule has 2 aromatic carbocycles. The van der Waals surface area contributed by atoms with Gasteiger partial charge in [-0.05, 0) is 42.7 Å². The third-order valence-electron chi connectivity index (χ3n) is 4.97. The molecule has 0 radical (unpaired) electrons. The summed E-state index contributed by atoms with van der Waals surface area (Å²) in [7, 11) is 0. The first-order chi connectivity index (χ1) is 13.7. The van der Waals surface area contributed by atoms with Crippen LogP contribution in [0, 0.1) is 5.82 Å². The van der Waals surface area contributed by atoms with Gasteiger partial charge in [0.05, 0.1) is 27.9 Å². The minimum absolute atomic E-state index is 0.0532. The van der Waals surface area contributed by atoms with Gasteiger partial charge in [-0.3, -0.25) is 9.79 Å². The van der Waals surface area contributed by atoms with Gasteiger partial charge in [0.1, 0.15) is 5.82 Å². The van der Waals surface area contributed by atoms with Crippen LogP contribution in [0.1, 0.15) is 37.7 Å². The van der Waals surface area contributed by atoms with Crippen molar-refractivity contribution >= 4 is 39.8 Å². The summed E-state index contributed by atoms with van der Waals surface area (Å²) in [6.45, 7) is 0. The average Bonchev–Trinajstić information content (AvgIpc) is 3.12. The van der Waals surface area contributed by atoms with Crippen LogP contribution in [0.15, 0.2) is 58.5 Å². The summed E-state index contributed by atoms with van der Waals surface area (Å²) < 4.78 is 13.3. The van der Waals surface area contributed by atoms with Crippen LogP contribution in [-0.2, 0) is 4.79 Å². The van der Waals surface area contributed by atoms with Gasteiger partial charge in [0.15, 0.2) is 0 Å². The molecule has 4 nitrogen and oxygen atoms in total. The first-order valence-electron chi connectivity index (χ1n) is 9.59. The lowest BCUT2D eigenvalue weighted by Crippen LogP contribution is -2.34. The van der Waals surface area contributed by atoms with Gasteiger partial charge in [0.2, 0.25) is 5.91 Å². The smallest absolute Gasteiger partial charge is 0.230 e. The van der Waals surface area contributed by atoms with E-state index in [9.17, 15) is 9.18 Å². The van der Waals surface area contributed by atoms with Gasteiger partial charge in [-0.1, -0.05) is 37.1 Å². The Bertz CT molecular complexity index is 918. The molecule has 1 saturated carbocycles. The van der Waals surface area contributed by atoms with Gasteiger partial charge in [0, 0.05) is 12.5 Å². The van der Waals surface area contributed by atoms with Crippen LogP contribution in [0.2, 0.25) is 0 Å². The van der Waals surface area contributed by atoms with Crippen molar-refractivity contribution in [2.24, 2.45) is 9.98 Å². The number of para-hydroxylation sites is 2. The van der Waals surface area contributed by atoms with E-state index in [2.05, 4.69) is 5.32 Å². The highest BCUT2D eigenvalue weighted by Crippen LogP contribution is 2.33. The van der Waals surface area contributed by atoms with Crippen LogP contribution >= 0.6 is 11.8 Å². The fourth-order valence-corrected chi connectivity index (χ4v) is 4.32. The maximum atomic E-state index is 13.3. The lowest BCUT2D eigenvalue weighted by Gasteiger charge is -2.12. The number of halogens is 1. The highest BCUT2D eigenvalue weighted by atomic mass is 32.2. The lowest BCUT2D eigenvalue weighted by molar-refractivity contribution is -0.119. The van der Waals surface area contributed by atoms with E-state index in [4.69, 9.17) is 9.98 Å². The third-order valence-corrected chi connectivity index (χ3v) is 5.94. The number of amides is 1. The molecule has 28 heavy (non-hydrogen) atoms. The molecule has 4 rings (SSSR count). The molecule has 0 spiro atoms. The Labute approximate surface area is 168 Å². The number of nitrogens with one attached hydrogen (secondary N) is 1. The number of benzene rings is 2. The van der Waals surface area contributed by atoms with Gasteiger partial charge >= 0.3 is 0 Å². The number of fused-ring (bicyclic) bond motifs is 1. The molecule has 1 N–H and O–H groups in total. The molecule has 144 valence electrons. The summed E-state index contributed by atoms with van der Waals surface area (Å²) in [5.74, 6) is 0.122. The molecule has 0 aromatic heterocycles. The Balaban J connectivity index is 1.52.